The zero-order chi connectivity index (χ0) is 15.9. The normalized spacial score (nSPS) is 11.5. The Morgan fingerprint density at radius 3 is 1.91 bits per heavy atom. The second-order valence-electron chi connectivity index (χ2n) is 4.56. The molecule has 0 spiro atoms. The van der Waals surface area contributed by atoms with Crippen LogP contribution in [0.3, 0.4) is 0 Å². The van der Waals surface area contributed by atoms with E-state index in [4.69, 9.17) is 17.0 Å². The first-order valence-corrected chi connectivity index (χ1v) is 8.11. The van der Waals surface area contributed by atoms with Gasteiger partial charge in [0.25, 0.3) is 0 Å². The Labute approximate surface area is 140 Å². The van der Waals surface area contributed by atoms with E-state index >= 15 is 0 Å². The van der Waals surface area contributed by atoms with E-state index in [0.29, 0.717) is 4.32 Å². The predicted octanol–water partition coefficient (Wildman–Crippen LogP) is 4.40. The van der Waals surface area contributed by atoms with Crippen molar-refractivity contribution in [3.05, 3.63) is 60.7 Å². The second-order valence-corrected chi connectivity index (χ2v) is 6.53. The van der Waals surface area contributed by atoms with E-state index in [9.17, 15) is 4.79 Å². The molecule has 0 N–H and O–H groups in total. The number of hydrogen-bond donors (Lipinski definition) is 0. The molecule has 0 amide bonds. The third kappa shape index (κ3) is 4.08. The molecule has 22 heavy (non-hydrogen) atoms. The number of para-hydroxylation sites is 2. The number of thiocarbonyl (C=S) groups is 1. The molecule has 1 unspecified atom stereocenters. The number of ether oxygens (including phenoxy) is 1. The first-order valence-electron chi connectivity index (χ1n) is 6.82. The molecule has 2 aromatic carbocycles. The van der Waals surface area contributed by atoms with Gasteiger partial charge in [-0.25, -0.2) is 0 Å². The van der Waals surface area contributed by atoms with E-state index in [1.54, 1.807) is 6.92 Å². The predicted molar refractivity (Wildman–Crippen MR) is 96.7 cm³/mol. The number of anilines is 2. The van der Waals surface area contributed by atoms with E-state index in [1.807, 2.05) is 65.6 Å². The van der Waals surface area contributed by atoms with Gasteiger partial charge in [-0.05, 0) is 31.2 Å². The minimum absolute atomic E-state index is 0.284. The highest BCUT2D eigenvalue weighted by Gasteiger charge is 2.21. The third-order valence-electron chi connectivity index (χ3n) is 3.02. The van der Waals surface area contributed by atoms with Crippen LogP contribution in [0.4, 0.5) is 11.4 Å². The number of benzene rings is 2. The highest BCUT2D eigenvalue weighted by molar-refractivity contribution is 8.24. The maximum absolute atomic E-state index is 11.6. The summed E-state index contributed by atoms with van der Waals surface area (Å²) in [6, 6.07) is 19.7. The van der Waals surface area contributed by atoms with Gasteiger partial charge in [-0.15, -0.1) is 0 Å². The number of esters is 1. The average Bonchev–Trinajstić information content (AvgIpc) is 2.56. The Balaban J connectivity index is 2.29. The molecule has 0 heterocycles. The summed E-state index contributed by atoms with van der Waals surface area (Å²) >= 11 is 6.88. The molecule has 1 atom stereocenters. The fourth-order valence-electron chi connectivity index (χ4n) is 1.93. The largest absolute Gasteiger partial charge is 0.468 e. The molecule has 0 fully saturated rings. The van der Waals surface area contributed by atoms with Crippen LogP contribution in [0.15, 0.2) is 60.7 Å². The maximum Gasteiger partial charge on any atom is 0.318 e. The number of hydrogen-bond acceptors (Lipinski definition) is 4. The van der Waals surface area contributed by atoms with Gasteiger partial charge in [0, 0.05) is 11.4 Å². The van der Waals surface area contributed by atoms with E-state index in [2.05, 4.69) is 0 Å². The van der Waals surface area contributed by atoms with Crippen LogP contribution in [0.2, 0.25) is 0 Å². The van der Waals surface area contributed by atoms with Crippen LogP contribution in [0.5, 0.6) is 0 Å². The van der Waals surface area contributed by atoms with Crippen molar-refractivity contribution in [1.29, 1.82) is 0 Å². The summed E-state index contributed by atoms with van der Waals surface area (Å²) in [5.41, 5.74) is 1.92. The van der Waals surface area contributed by atoms with Crippen molar-refractivity contribution in [3.63, 3.8) is 0 Å². The summed E-state index contributed by atoms with van der Waals surface area (Å²) in [5, 5.41) is -0.354. The number of carbonyl (C=O) groups is 1. The van der Waals surface area contributed by atoms with Gasteiger partial charge < -0.3 is 4.74 Å². The summed E-state index contributed by atoms with van der Waals surface area (Å²) < 4.78 is 5.37. The minimum atomic E-state index is -0.354. The van der Waals surface area contributed by atoms with Crippen LogP contribution < -0.4 is 4.90 Å². The van der Waals surface area contributed by atoms with Crippen LogP contribution in [0.25, 0.3) is 0 Å². The zero-order valence-corrected chi connectivity index (χ0v) is 14.1. The summed E-state index contributed by atoms with van der Waals surface area (Å²) in [6.07, 6.45) is 0. The first kappa shape index (κ1) is 16.5. The SMILES string of the molecule is COC(=O)C(C)SC(=S)N(c1ccccc1)c1ccccc1. The van der Waals surface area contributed by atoms with Gasteiger partial charge >= 0.3 is 5.97 Å². The lowest BCUT2D eigenvalue weighted by Crippen LogP contribution is -2.26. The third-order valence-corrected chi connectivity index (χ3v) is 4.42. The van der Waals surface area contributed by atoms with Crippen molar-refractivity contribution in [3.8, 4) is 0 Å². The number of rotatable bonds is 4. The number of nitrogens with zero attached hydrogens (tertiary/aromatic N) is 1. The molecule has 114 valence electrons. The van der Waals surface area contributed by atoms with E-state index < -0.39 is 0 Å². The van der Waals surface area contributed by atoms with Crippen molar-refractivity contribution < 1.29 is 9.53 Å². The van der Waals surface area contributed by atoms with Gasteiger partial charge in [-0.2, -0.15) is 0 Å². The maximum atomic E-state index is 11.6. The molecule has 3 nitrogen and oxygen atoms in total. The van der Waals surface area contributed by atoms with Crippen LogP contribution in [-0.4, -0.2) is 22.6 Å². The monoisotopic (exact) mass is 331 g/mol. The zero-order valence-electron chi connectivity index (χ0n) is 12.4. The Morgan fingerprint density at radius 2 is 1.50 bits per heavy atom. The van der Waals surface area contributed by atoms with Crippen molar-refractivity contribution >= 4 is 45.6 Å². The van der Waals surface area contributed by atoms with Gasteiger partial charge in [0.15, 0.2) is 0 Å². The Morgan fingerprint density at radius 1 is 1.05 bits per heavy atom. The standard InChI is InChI=1S/C17H17NO2S2/c1-13(16(19)20-2)22-17(21)18(14-9-5-3-6-10-14)15-11-7-4-8-12-15/h3-13H,1-2H3. The average molecular weight is 331 g/mol. The molecule has 2 aromatic rings. The number of methoxy groups -OCH3 is 1. The second kappa shape index (κ2) is 7.96. The smallest absolute Gasteiger partial charge is 0.318 e. The fourth-order valence-corrected chi connectivity index (χ4v) is 3.39. The van der Waals surface area contributed by atoms with Crippen molar-refractivity contribution in [2.45, 2.75) is 12.2 Å². The molecular weight excluding hydrogens is 314 g/mol. The number of thioether (sulfide) groups is 1. The summed E-state index contributed by atoms with van der Waals surface area (Å²) in [6.45, 7) is 1.79. The van der Waals surface area contributed by atoms with Gasteiger partial charge in [0.1, 0.15) is 9.57 Å². The highest BCUT2D eigenvalue weighted by atomic mass is 32.2. The molecule has 0 aliphatic heterocycles. The number of carbonyl (C=O) groups excluding carboxylic acids is 1. The van der Waals surface area contributed by atoms with Crippen molar-refractivity contribution in [2.24, 2.45) is 0 Å². The Kier molecular flexibility index (Phi) is 5.98. The molecule has 0 aliphatic carbocycles. The molecular formula is C17H17NO2S2. The van der Waals surface area contributed by atoms with Crippen LogP contribution in [0, 0.1) is 0 Å². The lowest BCUT2D eigenvalue weighted by molar-refractivity contribution is -0.139. The highest BCUT2D eigenvalue weighted by Crippen LogP contribution is 2.30. The molecule has 0 aromatic heterocycles. The van der Waals surface area contributed by atoms with Gasteiger partial charge in [0.05, 0.1) is 7.11 Å². The van der Waals surface area contributed by atoms with Crippen molar-refractivity contribution in [2.75, 3.05) is 12.0 Å². The quantitative estimate of drug-likeness (QED) is 0.612. The lowest BCUT2D eigenvalue weighted by Gasteiger charge is -2.26. The summed E-state index contributed by atoms with van der Waals surface area (Å²) in [4.78, 5) is 13.6. The van der Waals surface area contributed by atoms with E-state index in [-0.39, 0.29) is 11.2 Å². The molecule has 0 bridgehead atoms. The van der Waals surface area contributed by atoms with E-state index in [0.717, 1.165) is 11.4 Å². The van der Waals surface area contributed by atoms with E-state index in [1.165, 1.54) is 18.9 Å². The Bertz CT molecular complexity index is 592. The molecule has 2 rings (SSSR count). The summed E-state index contributed by atoms with van der Waals surface area (Å²) in [7, 11) is 1.38. The van der Waals surface area contributed by atoms with Crippen molar-refractivity contribution in [1.82, 2.24) is 0 Å². The van der Waals surface area contributed by atoms with Crippen LogP contribution in [-0.2, 0) is 9.53 Å². The minimum Gasteiger partial charge on any atom is -0.468 e. The lowest BCUT2D eigenvalue weighted by atomic mass is 10.2. The molecule has 0 aliphatic rings. The molecule has 0 saturated heterocycles. The van der Waals surface area contributed by atoms with Gasteiger partial charge in [0.2, 0.25) is 0 Å². The topological polar surface area (TPSA) is 29.5 Å². The molecule has 0 saturated carbocycles. The molecule has 5 heteroatoms. The fraction of sp³-hybridized carbons (Fsp3) is 0.176. The molecule has 0 radical (unpaired) electrons. The Hall–Kier alpha value is -1.85. The first-order chi connectivity index (χ1) is 10.6. The van der Waals surface area contributed by atoms with Crippen LogP contribution in [0.1, 0.15) is 6.92 Å². The van der Waals surface area contributed by atoms with Gasteiger partial charge in [-0.3, -0.25) is 9.69 Å². The summed E-state index contributed by atoms with van der Waals surface area (Å²) in [5.74, 6) is -0.284. The van der Waals surface area contributed by atoms with Gasteiger partial charge in [-0.1, -0.05) is 60.4 Å². The van der Waals surface area contributed by atoms with Crippen LogP contribution >= 0.6 is 24.0 Å².